The van der Waals surface area contributed by atoms with Crippen LogP contribution < -0.4 is 15.8 Å². The van der Waals surface area contributed by atoms with E-state index in [0.29, 0.717) is 25.1 Å². The van der Waals surface area contributed by atoms with Gasteiger partial charge in [0, 0.05) is 13.0 Å². The van der Waals surface area contributed by atoms with Crippen LogP contribution in [0.15, 0.2) is 23.4 Å². The van der Waals surface area contributed by atoms with E-state index in [9.17, 15) is 9.90 Å². The van der Waals surface area contributed by atoms with Crippen LogP contribution in [0.5, 0.6) is 11.5 Å². The molecule has 0 aliphatic carbocycles. The molecule has 1 amide bonds. The summed E-state index contributed by atoms with van der Waals surface area (Å²) in [7, 11) is 1.48. The summed E-state index contributed by atoms with van der Waals surface area (Å²) >= 11 is 0. The Morgan fingerprint density at radius 2 is 2.26 bits per heavy atom. The van der Waals surface area contributed by atoms with E-state index in [1.807, 2.05) is 0 Å². The van der Waals surface area contributed by atoms with Gasteiger partial charge >= 0.3 is 0 Å². The SMILES string of the molecule is COc1ccc(O)c(C(=O)NCCCC(N)=NO)c1. The van der Waals surface area contributed by atoms with Crippen LogP contribution >= 0.6 is 0 Å². The number of hydrogen-bond donors (Lipinski definition) is 4. The maximum Gasteiger partial charge on any atom is 0.255 e. The van der Waals surface area contributed by atoms with Crippen LogP contribution in [0.1, 0.15) is 23.2 Å². The number of oxime groups is 1. The van der Waals surface area contributed by atoms with E-state index in [2.05, 4.69) is 10.5 Å². The predicted molar refractivity (Wildman–Crippen MR) is 69.6 cm³/mol. The number of hydrogen-bond acceptors (Lipinski definition) is 5. The second-order valence-corrected chi connectivity index (χ2v) is 3.83. The lowest BCUT2D eigenvalue weighted by Crippen LogP contribution is -2.25. The minimum atomic E-state index is -0.407. The lowest BCUT2D eigenvalue weighted by atomic mass is 10.1. The molecule has 0 atom stereocenters. The zero-order chi connectivity index (χ0) is 14.3. The molecule has 0 heterocycles. The zero-order valence-electron chi connectivity index (χ0n) is 10.6. The van der Waals surface area contributed by atoms with Gasteiger partial charge in [-0.15, -0.1) is 0 Å². The molecule has 5 N–H and O–H groups in total. The number of nitrogens with zero attached hydrogens (tertiary/aromatic N) is 1. The molecule has 0 bridgehead atoms. The summed E-state index contributed by atoms with van der Waals surface area (Å²) in [5.74, 6) is 0.0729. The maximum absolute atomic E-state index is 11.8. The highest BCUT2D eigenvalue weighted by molar-refractivity contribution is 5.97. The Balaban J connectivity index is 2.54. The molecule has 0 saturated carbocycles. The van der Waals surface area contributed by atoms with Crippen molar-refractivity contribution in [1.29, 1.82) is 0 Å². The number of methoxy groups -OCH3 is 1. The summed E-state index contributed by atoms with van der Waals surface area (Å²) in [5.41, 5.74) is 5.44. The van der Waals surface area contributed by atoms with E-state index in [1.165, 1.54) is 19.2 Å². The molecule has 0 radical (unpaired) electrons. The van der Waals surface area contributed by atoms with Gasteiger partial charge < -0.3 is 26.1 Å². The average molecular weight is 267 g/mol. The molecule has 0 fully saturated rings. The highest BCUT2D eigenvalue weighted by atomic mass is 16.5. The van der Waals surface area contributed by atoms with Crippen molar-refractivity contribution in [3.63, 3.8) is 0 Å². The number of nitrogens with one attached hydrogen (secondary N) is 1. The van der Waals surface area contributed by atoms with Gasteiger partial charge in [-0.3, -0.25) is 4.79 Å². The standard InChI is InChI=1S/C12H17N3O4/c1-19-8-4-5-10(16)9(7-8)12(17)14-6-2-3-11(13)15-18/h4-5,7,16,18H,2-3,6H2,1H3,(H2,13,15)(H,14,17). The summed E-state index contributed by atoms with van der Waals surface area (Å²) < 4.78 is 4.98. The second-order valence-electron chi connectivity index (χ2n) is 3.83. The van der Waals surface area contributed by atoms with E-state index in [-0.39, 0.29) is 17.1 Å². The molecule has 19 heavy (non-hydrogen) atoms. The van der Waals surface area contributed by atoms with Crippen molar-refractivity contribution in [3.05, 3.63) is 23.8 Å². The Bertz CT molecular complexity index is 474. The fourth-order valence-corrected chi connectivity index (χ4v) is 1.44. The molecule has 0 aromatic heterocycles. The summed E-state index contributed by atoms with van der Waals surface area (Å²) in [6.45, 7) is 0.353. The first-order valence-electron chi connectivity index (χ1n) is 5.70. The molecule has 104 valence electrons. The van der Waals surface area contributed by atoms with E-state index < -0.39 is 5.91 Å². The van der Waals surface area contributed by atoms with Crippen LogP contribution in [0.2, 0.25) is 0 Å². The van der Waals surface area contributed by atoms with Crippen LogP contribution in [0, 0.1) is 0 Å². The number of amidine groups is 1. The van der Waals surface area contributed by atoms with Gasteiger partial charge in [-0.2, -0.15) is 0 Å². The van der Waals surface area contributed by atoms with E-state index in [1.54, 1.807) is 6.07 Å². The topological polar surface area (TPSA) is 117 Å². The molecule has 1 aromatic rings. The zero-order valence-corrected chi connectivity index (χ0v) is 10.6. The van der Waals surface area contributed by atoms with Crippen LogP contribution in [0.4, 0.5) is 0 Å². The Labute approximate surface area is 110 Å². The fraction of sp³-hybridized carbons (Fsp3) is 0.333. The largest absolute Gasteiger partial charge is 0.507 e. The van der Waals surface area contributed by atoms with Crippen LogP contribution in [-0.4, -0.2) is 35.7 Å². The highest BCUT2D eigenvalue weighted by Crippen LogP contribution is 2.22. The number of benzene rings is 1. The Kier molecular flexibility index (Phi) is 5.46. The number of phenols is 1. The van der Waals surface area contributed by atoms with Gasteiger partial charge in [0.1, 0.15) is 17.3 Å². The summed E-state index contributed by atoms with van der Waals surface area (Å²) in [6, 6.07) is 4.41. The quantitative estimate of drug-likeness (QED) is 0.198. The van der Waals surface area contributed by atoms with Gasteiger partial charge in [0.2, 0.25) is 0 Å². The van der Waals surface area contributed by atoms with Crippen molar-refractivity contribution in [1.82, 2.24) is 5.32 Å². The van der Waals surface area contributed by atoms with Gasteiger partial charge in [-0.1, -0.05) is 5.16 Å². The summed E-state index contributed by atoms with van der Waals surface area (Å²) in [6.07, 6.45) is 0.910. The monoisotopic (exact) mass is 267 g/mol. The number of phenolic OH excluding ortho intramolecular Hbond substituents is 1. The van der Waals surface area contributed by atoms with Crippen molar-refractivity contribution in [2.75, 3.05) is 13.7 Å². The van der Waals surface area contributed by atoms with E-state index in [4.69, 9.17) is 15.7 Å². The smallest absolute Gasteiger partial charge is 0.255 e. The lowest BCUT2D eigenvalue weighted by molar-refractivity contribution is 0.0950. The minimum absolute atomic E-state index is 0.110. The second kappa shape index (κ2) is 7.10. The Morgan fingerprint density at radius 1 is 1.53 bits per heavy atom. The van der Waals surface area contributed by atoms with E-state index in [0.717, 1.165) is 0 Å². The molecule has 7 heteroatoms. The average Bonchev–Trinajstić information content (AvgIpc) is 2.43. The Hall–Kier alpha value is -2.44. The predicted octanol–water partition coefficient (Wildman–Crippen LogP) is 0.657. The molecule has 0 spiro atoms. The number of rotatable bonds is 6. The number of nitrogens with two attached hydrogens (primary N) is 1. The fourth-order valence-electron chi connectivity index (χ4n) is 1.44. The Morgan fingerprint density at radius 3 is 2.89 bits per heavy atom. The van der Waals surface area contributed by atoms with Crippen LogP contribution in [0.25, 0.3) is 0 Å². The van der Waals surface area contributed by atoms with Crippen molar-refractivity contribution >= 4 is 11.7 Å². The third-order valence-corrected chi connectivity index (χ3v) is 2.47. The molecular weight excluding hydrogens is 250 g/mol. The normalized spacial score (nSPS) is 11.1. The number of carbonyl (C=O) groups excluding carboxylic acids is 1. The van der Waals surface area contributed by atoms with Gasteiger partial charge in [-0.25, -0.2) is 0 Å². The first kappa shape index (κ1) is 14.6. The molecule has 7 nitrogen and oxygen atoms in total. The lowest BCUT2D eigenvalue weighted by Gasteiger charge is -2.08. The van der Waals surface area contributed by atoms with Crippen molar-refractivity contribution in [3.8, 4) is 11.5 Å². The third-order valence-electron chi connectivity index (χ3n) is 2.47. The molecule has 0 unspecified atom stereocenters. The van der Waals surface area contributed by atoms with Crippen molar-refractivity contribution in [2.24, 2.45) is 10.9 Å². The van der Waals surface area contributed by atoms with Crippen LogP contribution in [0.3, 0.4) is 0 Å². The number of carbonyl (C=O) groups is 1. The van der Waals surface area contributed by atoms with Crippen LogP contribution in [-0.2, 0) is 0 Å². The molecule has 1 rings (SSSR count). The minimum Gasteiger partial charge on any atom is -0.507 e. The summed E-state index contributed by atoms with van der Waals surface area (Å²) in [5, 5.41) is 23.4. The van der Waals surface area contributed by atoms with Gasteiger partial charge in [0.05, 0.1) is 12.7 Å². The molecule has 0 aliphatic heterocycles. The molecule has 0 saturated heterocycles. The molecule has 0 aliphatic rings. The summed E-state index contributed by atoms with van der Waals surface area (Å²) in [4.78, 5) is 11.8. The number of aromatic hydroxyl groups is 1. The molecule has 1 aromatic carbocycles. The van der Waals surface area contributed by atoms with Crippen molar-refractivity contribution in [2.45, 2.75) is 12.8 Å². The maximum atomic E-state index is 11.8. The molecular formula is C12H17N3O4. The number of amides is 1. The first-order chi connectivity index (χ1) is 9.08. The van der Waals surface area contributed by atoms with Gasteiger partial charge in [0.15, 0.2) is 0 Å². The first-order valence-corrected chi connectivity index (χ1v) is 5.70. The third kappa shape index (κ3) is 4.38. The van der Waals surface area contributed by atoms with Crippen molar-refractivity contribution < 1.29 is 19.8 Å². The number of ether oxygens (including phenoxy) is 1. The highest BCUT2D eigenvalue weighted by Gasteiger charge is 2.11. The van der Waals surface area contributed by atoms with Gasteiger partial charge in [-0.05, 0) is 24.6 Å². The van der Waals surface area contributed by atoms with E-state index >= 15 is 0 Å². The van der Waals surface area contributed by atoms with Gasteiger partial charge in [0.25, 0.3) is 5.91 Å².